The molecule has 0 saturated heterocycles. The fraction of sp³-hybridized carbons (Fsp3) is 0.316. The molecule has 0 aromatic heterocycles. The Morgan fingerprint density at radius 2 is 1.88 bits per heavy atom. The molecule has 0 aliphatic carbocycles. The number of methoxy groups -OCH3 is 2. The summed E-state index contributed by atoms with van der Waals surface area (Å²) >= 11 is 0. The molecule has 2 aromatic carbocycles. The van der Waals surface area contributed by atoms with Crippen LogP contribution in [0.1, 0.15) is 11.1 Å². The van der Waals surface area contributed by atoms with Crippen LogP contribution in [0.4, 0.5) is 4.39 Å². The first-order valence-corrected chi connectivity index (χ1v) is 8.05. The predicted octanol–water partition coefficient (Wildman–Crippen LogP) is 1.17. The molecule has 0 aliphatic rings. The number of amides is 1. The van der Waals surface area contributed by atoms with Crippen molar-refractivity contribution >= 4 is 5.91 Å². The number of ether oxygens (including phenoxy) is 2. The van der Waals surface area contributed by atoms with E-state index >= 15 is 0 Å². The van der Waals surface area contributed by atoms with Crippen molar-refractivity contribution in [2.24, 2.45) is 0 Å². The van der Waals surface area contributed by atoms with E-state index in [0.29, 0.717) is 12.1 Å². The molecule has 0 heterocycles. The molecule has 0 bridgehead atoms. The third-order valence-corrected chi connectivity index (χ3v) is 3.88. The first kappa shape index (κ1) is 18.7. The zero-order valence-electron chi connectivity index (χ0n) is 14.8. The van der Waals surface area contributed by atoms with Crippen LogP contribution < -0.4 is 19.7 Å². The molecule has 2 rings (SSSR count). The van der Waals surface area contributed by atoms with Gasteiger partial charge >= 0.3 is 0 Å². The summed E-state index contributed by atoms with van der Waals surface area (Å²) in [5.41, 5.74) is 1.47. The van der Waals surface area contributed by atoms with Crippen molar-refractivity contribution in [1.82, 2.24) is 5.32 Å². The third kappa shape index (κ3) is 5.46. The lowest BCUT2D eigenvalue weighted by Gasteiger charge is -2.16. The Labute approximate surface area is 147 Å². The lowest BCUT2D eigenvalue weighted by molar-refractivity contribution is -0.885. The second-order valence-electron chi connectivity index (χ2n) is 5.86. The van der Waals surface area contributed by atoms with E-state index in [2.05, 4.69) is 5.32 Å². The Morgan fingerprint density at radius 1 is 1.12 bits per heavy atom. The topological polar surface area (TPSA) is 52.0 Å². The van der Waals surface area contributed by atoms with Crippen LogP contribution >= 0.6 is 0 Å². The lowest BCUT2D eigenvalue weighted by atomic mass is 10.1. The molecule has 0 fully saturated rings. The van der Waals surface area contributed by atoms with Crippen molar-refractivity contribution in [3.63, 3.8) is 0 Å². The van der Waals surface area contributed by atoms with Crippen molar-refractivity contribution in [1.29, 1.82) is 0 Å². The Balaban J connectivity index is 1.88. The van der Waals surface area contributed by atoms with Gasteiger partial charge in [0.05, 0.1) is 21.3 Å². The zero-order valence-corrected chi connectivity index (χ0v) is 14.8. The van der Waals surface area contributed by atoms with Crippen molar-refractivity contribution in [2.45, 2.75) is 13.1 Å². The molecule has 0 aliphatic heterocycles. The number of halogens is 1. The molecule has 0 spiro atoms. The number of quaternary nitrogens is 1. The molecular formula is C19H24FN2O3+. The summed E-state index contributed by atoms with van der Waals surface area (Å²) in [5, 5.41) is 2.75. The maximum Gasteiger partial charge on any atom is 0.275 e. The minimum Gasteiger partial charge on any atom is -0.497 e. The number of likely N-dealkylation sites (N-methyl/N-ethyl adjacent to an activating group) is 1. The molecular weight excluding hydrogens is 323 g/mol. The van der Waals surface area contributed by atoms with Crippen molar-refractivity contribution in [3.8, 4) is 11.5 Å². The van der Waals surface area contributed by atoms with Crippen LogP contribution in [0.3, 0.4) is 0 Å². The maximum atomic E-state index is 13.6. The van der Waals surface area contributed by atoms with Crippen LogP contribution in [0.5, 0.6) is 11.5 Å². The zero-order chi connectivity index (χ0) is 18.2. The molecule has 0 radical (unpaired) electrons. The van der Waals surface area contributed by atoms with Gasteiger partial charge in [0.2, 0.25) is 0 Å². The van der Waals surface area contributed by atoms with Gasteiger partial charge in [-0.2, -0.15) is 0 Å². The quantitative estimate of drug-likeness (QED) is 0.754. The Kier molecular flexibility index (Phi) is 6.77. The van der Waals surface area contributed by atoms with Crippen LogP contribution in [-0.4, -0.2) is 33.7 Å². The number of nitrogens with one attached hydrogen (secondary N) is 2. The summed E-state index contributed by atoms with van der Waals surface area (Å²) in [5.74, 6) is 1.01. The fourth-order valence-electron chi connectivity index (χ4n) is 2.56. The summed E-state index contributed by atoms with van der Waals surface area (Å²) in [6, 6.07) is 12.0. The molecule has 6 heteroatoms. The van der Waals surface area contributed by atoms with Gasteiger partial charge in [-0.25, -0.2) is 4.39 Å². The Bertz CT molecular complexity index is 722. The highest BCUT2D eigenvalue weighted by atomic mass is 19.1. The third-order valence-electron chi connectivity index (χ3n) is 3.88. The second kappa shape index (κ2) is 9.03. The minimum absolute atomic E-state index is 0.131. The largest absolute Gasteiger partial charge is 0.497 e. The van der Waals surface area contributed by atoms with Gasteiger partial charge in [0.1, 0.15) is 23.9 Å². The first-order valence-electron chi connectivity index (χ1n) is 8.05. The lowest BCUT2D eigenvalue weighted by Crippen LogP contribution is -3.08. The monoisotopic (exact) mass is 347 g/mol. The van der Waals surface area contributed by atoms with E-state index in [1.54, 1.807) is 32.4 Å². The van der Waals surface area contributed by atoms with Gasteiger partial charge in [0, 0.05) is 23.7 Å². The smallest absolute Gasteiger partial charge is 0.275 e. The van der Waals surface area contributed by atoms with Gasteiger partial charge < -0.3 is 19.7 Å². The van der Waals surface area contributed by atoms with E-state index < -0.39 is 0 Å². The molecule has 1 unspecified atom stereocenters. The highest BCUT2D eigenvalue weighted by molar-refractivity contribution is 5.76. The minimum atomic E-state index is -0.313. The fourth-order valence-corrected chi connectivity index (χ4v) is 2.56. The van der Waals surface area contributed by atoms with Gasteiger partial charge in [-0.05, 0) is 18.2 Å². The van der Waals surface area contributed by atoms with E-state index in [1.807, 2.05) is 25.2 Å². The molecule has 25 heavy (non-hydrogen) atoms. The van der Waals surface area contributed by atoms with Gasteiger partial charge in [-0.15, -0.1) is 0 Å². The number of carbonyl (C=O) groups is 1. The highest BCUT2D eigenvalue weighted by Gasteiger charge is 2.14. The maximum absolute atomic E-state index is 13.6. The SMILES string of the molecule is COc1ccc(C[NH+](C)CC(=O)NCc2ccccc2F)c(OC)c1. The van der Waals surface area contributed by atoms with Crippen LogP contribution in [0.2, 0.25) is 0 Å². The Morgan fingerprint density at radius 3 is 2.56 bits per heavy atom. The van der Waals surface area contributed by atoms with Crippen LogP contribution in [0.15, 0.2) is 42.5 Å². The molecule has 2 N–H and O–H groups in total. The van der Waals surface area contributed by atoms with Crippen LogP contribution in [-0.2, 0) is 17.9 Å². The molecule has 1 amide bonds. The summed E-state index contributed by atoms with van der Waals surface area (Å²) in [7, 11) is 5.13. The van der Waals surface area contributed by atoms with E-state index in [9.17, 15) is 9.18 Å². The van der Waals surface area contributed by atoms with Crippen molar-refractivity contribution in [3.05, 3.63) is 59.4 Å². The summed E-state index contributed by atoms with van der Waals surface area (Å²) in [6.07, 6.45) is 0. The average molecular weight is 347 g/mol. The summed E-state index contributed by atoms with van der Waals surface area (Å²) in [4.78, 5) is 13.1. The van der Waals surface area contributed by atoms with Crippen LogP contribution in [0, 0.1) is 5.82 Å². The first-order chi connectivity index (χ1) is 12.0. The van der Waals surface area contributed by atoms with E-state index in [0.717, 1.165) is 22.0 Å². The number of rotatable bonds is 8. The number of carbonyl (C=O) groups excluding carboxylic acids is 1. The summed E-state index contributed by atoms with van der Waals surface area (Å²) in [6.45, 7) is 1.09. The number of benzene rings is 2. The normalized spacial score (nSPS) is 11.7. The van der Waals surface area contributed by atoms with E-state index in [-0.39, 0.29) is 24.8 Å². The van der Waals surface area contributed by atoms with Gasteiger partial charge in [-0.3, -0.25) is 4.79 Å². The molecule has 2 aromatic rings. The van der Waals surface area contributed by atoms with Crippen LogP contribution in [0.25, 0.3) is 0 Å². The van der Waals surface area contributed by atoms with Crippen molar-refractivity contribution in [2.75, 3.05) is 27.8 Å². The average Bonchev–Trinajstić information content (AvgIpc) is 2.61. The van der Waals surface area contributed by atoms with Gasteiger partial charge in [-0.1, -0.05) is 18.2 Å². The molecule has 5 nitrogen and oxygen atoms in total. The predicted molar refractivity (Wildman–Crippen MR) is 93.3 cm³/mol. The van der Waals surface area contributed by atoms with Gasteiger partial charge in [0.15, 0.2) is 6.54 Å². The Hall–Kier alpha value is -2.60. The molecule has 1 atom stereocenters. The molecule has 0 saturated carbocycles. The van der Waals surface area contributed by atoms with Crippen molar-refractivity contribution < 1.29 is 23.6 Å². The number of hydrogen-bond acceptors (Lipinski definition) is 3. The second-order valence-corrected chi connectivity index (χ2v) is 5.86. The standard InChI is InChI=1S/C19H23FN2O3/c1-22(12-15-8-9-16(24-2)10-18(15)25-3)13-19(23)21-11-14-6-4-5-7-17(14)20/h4-10H,11-13H2,1-3H3,(H,21,23)/p+1. The van der Waals surface area contributed by atoms with E-state index in [4.69, 9.17) is 9.47 Å². The highest BCUT2D eigenvalue weighted by Crippen LogP contribution is 2.23. The van der Waals surface area contributed by atoms with Gasteiger partial charge in [0.25, 0.3) is 5.91 Å². The molecule has 134 valence electrons. The number of hydrogen-bond donors (Lipinski definition) is 2. The summed E-state index contributed by atoms with van der Waals surface area (Å²) < 4.78 is 24.1. The van der Waals surface area contributed by atoms with E-state index in [1.165, 1.54) is 6.07 Å².